The first-order valence-electron chi connectivity index (χ1n) is 5.72. The second kappa shape index (κ2) is 5.98. The topological polar surface area (TPSA) is 89.3 Å². The van der Waals surface area contributed by atoms with Crippen LogP contribution in [-0.4, -0.2) is 18.0 Å². The van der Waals surface area contributed by atoms with Crippen LogP contribution in [0.4, 0.5) is 15.9 Å². The van der Waals surface area contributed by atoms with Gasteiger partial charge in [-0.15, -0.1) is 0 Å². The van der Waals surface area contributed by atoms with Gasteiger partial charge in [0.05, 0.1) is 18.4 Å². The summed E-state index contributed by atoms with van der Waals surface area (Å²) in [4.78, 5) is 16.1. The van der Waals surface area contributed by atoms with Gasteiger partial charge in [0.1, 0.15) is 11.6 Å². The van der Waals surface area contributed by atoms with Gasteiger partial charge in [-0.1, -0.05) is 0 Å². The molecular formula is C13H13FN4O2. The molecular weight excluding hydrogens is 263 g/mol. The van der Waals surface area contributed by atoms with Gasteiger partial charge in [-0.3, -0.25) is 4.79 Å². The molecule has 0 aliphatic heterocycles. The lowest BCUT2D eigenvalue weighted by Crippen LogP contribution is -2.18. The van der Waals surface area contributed by atoms with Crippen molar-refractivity contribution in [3.63, 3.8) is 0 Å². The number of pyridine rings is 1. The highest BCUT2D eigenvalue weighted by Gasteiger charge is 2.14. The second-order valence-electron chi connectivity index (χ2n) is 3.84. The molecule has 1 amide bonds. The molecule has 0 aliphatic rings. The van der Waals surface area contributed by atoms with E-state index in [9.17, 15) is 9.18 Å². The Morgan fingerprint density at radius 3 is 2.90 bits per heavy atom. The fourth-order valence-corrected chi connectivity index (χ4v) is 1.66. The zero-order chi connectivity index (χ0) is 14.5. The van der Waals surface area contributed by atoms with E-state index >= 15 is 0 Å². The minimum atomic E-state index is -0.453. The number of nitrogens with zero attached hydrogens (tertiary/aromatic N) is 1. The van der Waals surface area contributed by atoms with E-state index in [1.165, 1.54) is 31.5 Å². The Hall–Kier alpha value is -2.67. The number of hydrazine groups is 1. The smallest absolute Gasteiger partial charge is 0.259 e. The number of hydrogen-bond donors (Lipinski definition) is 3. The predicted octanol–water partition coefficient (Wildman–Crippen LogP) is 1.77. The molecule has 1 heterocycles. The third-order valence-electron chi connectivity index (χ3n) is 2.60. The van der Waals surface area contributed by atoms with Gasteiger partial charge in [0, 0.05) is 12.3 Å². The zero-order valence-electron chi connectivity index (χ0n) is 10.7. The lowest BCUT2D eigenvalue weighted by molar-refractivity contribution is 0.102. The van der Waals surface area contributed by atoms with Crippen molar-refractivity contribution in [3.8, 4) is 5.75 Å². The molecule has 7 heteroatoms. The number of halogens is 1. The lowest BCUT2D eigenvalue weighted by Gasteiger charge is -2.11. The van der Waals surface area contributed by atoms with Crippen molar-refractivity contribution in [3.05, 3.63) is 47.9 Å². The maximum atomic E-state index is 13.1. The number of anilines is 2. The molecule has 0 radical (unpaired) electrons. The third-order valence-corrected chi connectivity index (χ3v) is 2.60. The van der Waals surface area contributed by atoms with Crippen LogP contribution in [0.1, 0.15) is 10.4 Å². The first-order chi connectivity index (χ1) is 9.65. The molecule has 0 spiro atoms. The molecule has 0 aliphatic carbocycles. The summed E-state index contributed by atoms with van der Waals surface area (Å²) in [5.41, 5.74) is 2.95. The van der Waals surface area contributed by atoms with Gasteiger partial charge in [0.15, 0.2) is 5.82 Å². The Morgan fingerprint density at radius 1 is 1.40 bits per heavy atom. The highest BCUT2D eigenvalue weighted by atomic mass is 19.1. The lowest BCUT2D eigenvalue weighted by atomic mass is 10.2. The van der Waals surface area contributed by atoms with Crippen molar-refractivity contribution in [1.29, 1.82) is 0 Å². The van der Waals surface area contributed by atoms with E-state index in [4.69, 9.17) is 10.6 Å². The predicted molar refractivity (Wildman–Crippen MR) is 73.0 cm³/mol. The number of nitrogen functional groups attached to an aromatic ring is 1. The number of rotatable bonds is 4. The standard InChI is InChI=1S/C13H13FN4O2/c1-20-11-7-8(14)4-5-10(11)17-13(19)9-3-2-6-16-12(9)18-15/h2-7H,15H2,1H3,(H,16,18)(H,17,19). The number of nitrogens with two attached hydrogens (primary N) is 1. The number of amides is 1. The first kappa shape index (κ1) is 13.8. The summed E-state index contributed by atoms with van der Waals surface area (Å²) in [6.07, 6.45) is 1.50. The molecule has 0 bridgehead atoms. The molecule has 2 aromatic rings. The normalized spacial score (nSPS) is 9.95. The van der Waals surface area contributed by atoms with Crippen LogP contribution in [0.25, 0.3) is 0 Å². The summed E-state index contributed by atoms with van der Waals surface area (Å²) >= 11 is 0. The van der Waals surface area contributed by atoms with Crippen molar-refractivity contribution < 1.29 is 13.9 Å². The van der Waals surface area contributed by atoms with Crippen LogP contribution in [0, 0.1) is 5.82 Å². The van der Waals surface area contributed by atoms with E-state index in [1.807, 2.05) is 0 Å². The van der Waals surface area contributed by atoms with Gasteiger partial charge in [-0.2, -0.15) is 0 Å². The van der Waals surface area contributed by atoms with Gasteiger partial charge in [0.25, 0.3) is 5.91 Å². The molecule has 2 rings (SSSR count). The number of nitrogens with one attached hydrogen (secondary N) is 2. The number of aromatic nitrogens is 1. The van der Waals surface area contributed by atoms with Crippen molar-refractivity contribution in [2.24, 2.45) is 5.84 Å². The molecule has 20 heavy (non-hydrogen) atoms. The van der Waals surface area contributed by atoms with Crippen molar-refractivity contribution in [1.82, 2.24) is 4.98 Å². The fourth-order valence-electron chi connectivity index (χ4n) is 1.66. The van der Waals surface area contributed by atoms with Crippen LogP contribution in [0.5, 0.6) is 5.75 Å². The Labute approximate surface area is 114 Å². The molecule has 1 aromatic heterocycles. The maximum Gasteiger partial charge on any atom is 0.259 e. The number of ether oxygens (including phenoxy) is 1. The molecule has 4 N–H and O–H groups in total. The summed E-state index contributed by atoms with van der Waals surface area (Å²) < 4.78 is 18.1. The summed E-state index contributed by atoms with van der Waals surface area (Å²) in [5, 5.41) is 2.61. The molecule has 0 fully saturated rings. The highest BCUT2D eigenvalue weighted by molar-refractivity contribution is 6.08. The van der Waals surface area contributed by atoms with Crippen LogP contribution in [-0.2, 0) is 0 Å². The van der Waals surface area contributed by atoms with E-state index in [1.54, 1.807) is 12.1 Å². The van der Waals surface area contributed by atoms with Crippen LogP contribution >= 0.6 is 0 Å². The average Bonchev–Trinajstić information content (AvgIpc) is 2.48. The van der Waals surface area contributed by atoms with E-state index in [0.717, 1.165) is 0 Å². The second-order valence-corrected chi connectivity index (χ2v) is 3.84. The molecule has 1 aromatic carbocycles. The van der Waals surface area contributed by atoms with Gasteiger partial charge in [-0.25, -0.2) is 15.2 Å². The van der Waals surface area contributed by atoms with Gasteiger partial charge < -0.3 is 15.5 Å². The van der Waals surface area contributed by atoms with E-state index in [-0.39, 0.29) is 17.1 Å². The van der Waals surface area contributed by atoms with Crippen LogP contribution in [0.3, 0.4) is 0 Å². The summed E-state index contributed by atoms with van der Waals surface area (Å²) in [5.74, 6) is 4.87. The van der Waals surface area contributed by atoms with E-state index in [2.05, 4.69) is 15.7 Å². The Balaban J connectivity index is 2.28. The molecule has 0 saturated carbocycles. The van der Waals surface area contributed by atoms with Crippen LogP contribution < -0.4 is 21.3 Å². The highest BCUT2D eigenvalue weighted by Crippen LogP contribution is 2.26. The minimum Gasteiger partial charge on any atom is -0.494 e. The summed E-state index contributed by atoms with van der Waals surface area (Å²) in [6, 6.07) is 6.99. The van der Waals surface area contributed by atoms with Gasteiger partial charge in [0.2, 0.25) is 0 Å². The van der Waals surface area contributed by atoms with E-state index < -0.39 is 11.7 Å². The van der Waals surface area contributed by atoms with Crippen LogP contribution in [0.2, 0.25) is 0 Å². The molecule has 104 valence electrons. The third kappa shape index (κ3) is 2.83. The zero-order valence-corrected chi connectivity index (χ0v) is 10.7. The van der Waals surface area contributed by atoms with Gasteiger partial charge in [-0.05, 0) is 24.3 Å². The largest absolute Gasteiger partial charge is 0.494 e. The van der Waals surface area contributed by atoms with Gasteiger partial charge >= 0.3 is 0 Å². The average molecular weight is 276 g/mol. The van der Waals surface area contributed by atoms with Crippen LogP contribution in [0.15, 0.2) is 36.5 Å². The molecule has 0 saturated heterocycles. The number of carbonyl (C=O) groups excluding carboxylic acids is 1. The maximum absolute atomic E-state index is 13.1. The number of methoxy groups -OCH3 is 1. The Bertz CT molecular complexity index is 634. The van der Waals surface area contributed by atoms with Crippen molar-refractivity contribution in [2.45, 2.75) is 0 Å². The fraction of sp³-hybridized carbons (Fsp3) is 0.0769. The molecule has 0 unspecified atom stereocenters. The summed E-state index contributed by atoms with van der Waals surface area (Å²) in [7, 11) is 1.39. The van der Waals surface area contributed by atoms with Crippen molar-refractivity contribution in [2.75, 3.05) is 17.9 Å². The monoisotopic (exact) mass is 276 g/mol. The number of carbonyl (C=O) groups is 1. The molecule has 0 atom stereocenters. The summed E-state index contributed by atoms with van der Waals surface area (Å²) in [6.45, 7) is 0. The number of benzene rings is 1. The van der Waals surface area contributed by atoms with E-state index in [0.29, 0.717) is 5.69 Å². The quantitative estimate of drug-likeness (QED) is 0.585. The van der Waals surface area contributed by atoms with Crippen molar-refractivity contribution >= 4 is 17.4 Å². The first-order valence-corrected chi connectivity index (χ1v) is 5.72. The Kier molecular flexibility index (Phi) is 4.11. The molecule has 6 nitrogen and oxygen atoms in total. The number of hydrogen-bond acceptors (Lipinski definition) is 5. The minimum absolute atomic E-state index is 0.226. The SMILES string of the molecule is COc1cc(F)ccc1NC(=O)c1cccnc1NN. The Morgan fingerprint density at radius 2 is 2.20 bits per heavy atom.